The number of piperazine rings is 1. The summed E-state index contributed by atoms with van der Waals surface area (Å²) in [5.74, 6) is 0.854. The van der Waals surface area contributed by atoms with Gasteiger partial charge in [0.25, 0.3) is 0 Å². The first kappa shape index (κ1) is 17.5. The summed E-state index contributed by atoms with van der Waals surface area (Å²) in [6.45, 7) is 3.96. The molecule has 2 aromatic heterocycles. The molecule has 1 fully saturated rings. The number of hydrogen-bond acceptors (Lipinski definition) is 5. The molecule has 5 nitrogen and oxygen atoms in total. The first-order valence-corrected chi connectivity index (χ1v) is 9.71. The van der Waals surface area contributed by atoms with Crippen LogP contribution < -0.4 is 9.47 Å². The number of aromatic amines is 1. The van der Waals surface area contributed by atoms with Crippen molar-refractivity contribution in [1.82, 2.24) is 14.9 Å². The zero-order chi connectivity index (χ0) is 17.9. The van der Waals surface area contributed by atoms with E-state index in [0.29, 0.717) is 0 Å². The van der Waals surface area contributed by atoms with E-state index >= 15 is 0 Å². The molecule has 0 amide bonds. The number of pyridine rings is 1. The highest BCUT2D eigenvalue weighted by Crippen LogP contribution is 2.17. The Morgan fingerprint density at radius 1 is 1.04 bits per heavy atom. The van der Waals surface area contributed by atoms with E-state index in [2.05, 4.69) is 69.6 Å². The third-order valence-electron chi connectivity index (χ3n) is 4.65. The number of benzene rings is 1. The van der Waals surface area contributed by atoms with Gasteiger partial charge in [-0.1, -0.05) is 12.1 Å². The molecule has 0 radical (unpaired) electrons. The van der Waals surface area contributed by atoms with E-state index < -0.39 is 0 Å². The predicted molar refractivity (Wildman–Crippen MR) is 114 cm³/mol. The van der Waals surface area contributed by atoms with E-state index in [4.69, 9.17) is 0 Å². The summed E-state index contributed by atoms with van der Waals surface area (Å²) in [7, 11) is 0. The van der Waals surface area contributed by atoms with Crippen molar-refractivity contribution in [3.63, 3.8) is 0 Å². The molecule has 4 rings (SSSR count). The van der Waals surface area contributed by atoms with Crippen molar-refractivity contribution in [3.05, 3.63) is 54.6 Å². The lowest BCUT2D eigenvalue weighted by Gasteiger charge is -2.37. The van der Waals surface area contributed by atoms with Crippen molar-refractivity contribution in [2.75, 3.05) is 31.1 Å². The van der Waals surface area contributed by atoms with Gasteiger partial charge >= 0.3 is 0 Å². The lowest BCUT2D eigenvalue weighted by Crippen LogP contribution is -2.48. The van der Waals surface area contributed by atoms with Crippen LogP contribution in [0.4, 0.5) is 5.69 Å². The van der Waals surface area contributed by atoms with Gasteiger partial charge in [-0.3, -0.25) is 4.90 Å². The van der Waals surface area contributed by atoms with Crippen LogP contribution in [0.25, 0.3) is 23.3 Å². The van der Waals surface area contributed by atoms with Crippen LogP contribution in [0.1, 0.15) is 5.82 Å². The van der Waals surface area contributed by atoms with Gasteiger partial charge in [-0.15, -0.1) is 25.3 Å². The second kappa shape index (κ2) is 7.73. The zero-order valence-electron chi connectivity index (χ0n) is 14.4. The molecular weight excluding hydrogens is 362 g/mol. The van der Waals surface area contributed by atoms with Crippen molar-refractivity contribution < 1.29 is 4.57 Å². The van der Waals surface area contributed by atoms with Crippen molar-refractivity contribution in [2.24, 2.45) is 0 Å². The molecule has 1 aromatic carbocycles. The first-order valence-electron chi connectivity index (χ1n) is 8.68. The van der Waals surface area contributed by atoms with Gasteiger partial charge in [0, 0.05) is 50.1 Å². The highest BCUT2D eigenvalue weighted by atomic mass is 32.2. The van der Waals surface area contributed by atoms with Crippen molar-refractivity contribution >= 4 is 54.3 Å². The number of aromatic nitrogens is 3. The van der Waals surface area contributed by atoms with Gasteiger partial charge in [0.15, 0.2) is 18.6 Å². The summed E-state index contributed by atoms with van der Waals surface area (Å²) in [6.07, 6.45) is 8.13. The molecule has 0 saturated carbocycles. The Bertz CT molecular complexity index is 863. The molecule has 1 aliphatic rings. The topological polar surface area (TPSA) is 39.0 Å². The third kappa shape index (κ3) is 3.90. The summed E-state index contributed by atoms with van der Waals surface area (Å²) in [4.78, 5) is 12.5. The molecular formula is C19H22N5S2+. The van der Waals surface area contributed by atoms with Crippen LogP contribution in [-0.4, -0.2) is 45.8 Å². The fourth-order valence-corrected chi connectivity index (χ4v) is 3.62. The Balaban J connectivity index is 1.41. The second-order valence-corrected chi connectivity index (χ2v) is 7.71. The first-order chi connectivity index (χ1) is 12.7. The number of para-hydroxylation sites is 2. The molecule has 1 saturated heterocycles. The number of anilines is 1. The summed E-state index contributed by atoms with van der Waals surface area (Å²) < 4.78 is 2.06. The molecule has 3 heterocycles. The van der Waals surface area contributed by atoms with E-state index in [1.165, 1.54) is 5.69 Å². The lowest BCUT2D eigenvalue weighted by atomic mass is 10.3. The average Bonchev–Trinajstić information content (AvgIpc) is 3.10. The molecule has 134 valence electrons. The summed E-state index contributed by atoms with van der Waals surface area (Å²) in [6, 6.07) is 12.3. The normalized spacial score (nSPS) is 16.2. The van der Waals surface area contributed by atoms with Gasteiger partial charge in [0.05, 0.1) is 15.7 Å². The predicted octanol–water partition coefficient (Wildman–Crippen LogP) is 2.74. The highest BCUT2D eigenvalue weighted by molar-refractivity contribution is 7.99. The number of nitrogens with zero attached hydrogens (tertiary/aromatic N) is 4. The molecule has 1 aliphatic heterocycles. The second-order valence-electron chi connectivity index (χ2n) is 6.33. The Kier molecular flexibility index (Phi) is 5.19. The smallest absolute Gasteiger partial charge is 0.178 e. The molecule has 0 spiro atoms. The Morgan fingerprint density at radius 2 is 1.77 bits per heavy atom. The number of hydrogen-bond donors (Lipinski definition) is 3. The van der Waals surface area contributed by atoms with Gasteiger partial charge in [-0.05, 0) is 12.1 Å². The number of fused-ring (bicyclic) bond motifs is 1. The maximum Gasteiger partial charge on any atom is 0.178 e. The molecule has 3 aromatic rings. The lowest BCUT2D eigenvalue weighted by molar-refractivity contribution is -0.567. The van der Waals surface area contributed by atoms with Crippen LogP contribution in [-0.2, 0) is 0 Å². The number of rotatable bonds is 4. The van der Waals surface area contributed by atoms with E-state index in [-0.39, 0.29) is 4.71 Å². The quantitative estimate of drug-likeness (QED) is 0.368. The van der Waals surface area contributed by atoms with Gasteiger partial charge in [-0.2, -0.15) is 4.57 Å². The van der Waals surface area contributed by atoms with E-state index in [9.17, 15) is 0 Å². The molecule has 0 atom stereocenters. The maximum absolute atomic E-state index is 4.56. The number of H-pyrrole nitrogens is 1. The minimum Gasteiger partial charge on any atom is -0.369 e. The van der Waals surface area contributed by atoms with Gasteiger partial charge in [-0.25, -0.2) is 4.98 Å². The maximum atomic E-state index is 4.56. The highest BCUT2D eigenvalue weighted by Gasteiger charge is 2.20. The standard InChI is InChI=1S/C19H21N5S2/c25-19(26)24-13-11-23(12-14-24)15-5-8-22(9-6-15)10-7-18-20-16-3-1-2-4-17(16)21-18/h1-10,19H,11-14H2,(H2-,20,21,25,26)/p+1/b10-7+. The van der Waals surface area contributed by atoms with Gasteiger partial charge < -0.3 is 9.88 Å². The van der Waals surface area contributed by atoms with E-state index in [1.54, 1.807) is 0 Å². The summed E-state index contributed by atoms with van der Waals surface area (Å²) >= 11 is 8.79. The van der Waals surface area contributed by atoms with Crippen molar-refractivity contribution in [1.29, 1.82) is 0 Å². The number of imidazole rings is 1. The fraction of sp³-hybridized carbons (Fsp3) is 0.263. The minimum atomic E-state index is 0.0264. The van der Waals surface area contributed by atoms with Crippen molar-refractivity contribution in [2.45, 2.75) is 4.71 Å². The Morgan fingerprint density at radius 3 is 2.46 bits per heavy atom. The fourth-order valence-electron chi connectivity index (χ4n) is 3.16. The molecule has 0 aliphatic carbocycles. The molecule has 0 unspecified atom stereocenters. The third-order valence-corrected chi connectivity index (χ3v) is 5.31. The van der Waals surface area contributed by atoms with Crippen LogP contribution in [0, 0.1) is 0 Å². The minimum absolute atomic E-state index is 0.0264. The molecule has 1 N–H and O–H groups in total. The largest absolute Gasteiger partial charge is 0.369 e. The number of thiol groups is 2. The molecule has 7 heteroatoms. The van der Waals surface area contributed by atoms with E-state index in [1.807, 2.05) is 41.1 Å². The van der Waals surface area contributed by atoms with Crippen molar-refractivity contribution in [3.8, 4) is 0 Å². The Labute approximate surface area is 164 Å². The van der Waals surface area contributed by atoms with Crippen LogP contribution in [0.3, 0.4) is 0 Å². The van der Waals surface area contributed by atoms with Crippen LogP contribution >= 0.6 is 25.3 Å². The van der Waals surface area contributed by atoms with Crippen LogP contribution in [0.5, 0.6) is 0 Å². The average molecular weight is 385 g/mol. The SMILES string of the molecule is SC(S)N1CCN(c2cc[n+](/C=C/c3nc4ccccc4[nH]3)cc2)CC1. The van der Waals surface area contributed by atoms with Gasteiger partial charge in [0.2, 0.25) is 0 Å². The van der Waals surface area contributed by atoms with E-state index in [0.717, 1.165) is 43.0 Å². The molecule has 0 bridgehead atoms. The zero-order valence-corrected chi connectivity index (χ0v) is 16.2. The Hall–Kier alpha value is -1.96. The number of nitrogens with one attached hydrogen (secondary N) is 1. The van der Waals surface area contributed by atoms with Crippen LogP contribution in [0.15, 0.2) is 48.8 Å². The summed E-state index contributed by atoms with van der Waals surface area (Å²) in [5, 5.41) is 0. The summed E-state index contributed by atoms with van der Waals surface area (Å²) in [5.41, 5.74) is 3.28. The monoisotopic (exact) mass is 384 g/mol. The van der Waals surface area contributed by atoms with Crippen LogP contribution in [0.2, 0.25) is 0 Å². The van der Waals surface area contributed by atoms with Gasteiger partial charge in [0.1, 0.15) is 5.82 Å². The molecule has 26 heavy (non-hydrogen) atoms.